The summed E-state index contributed by atoms with van der Waals surface area (Å²) in [6, 6.07) is 5.68. The molecule has 2 nitrogen and oxygen atoms in total. The summed E-state index contributed by atoms with van der Waals surface area (Å²) in [6.07, 6.45) is 0.861. The average Bonchev–Trinajstić information content (AvgIpc) is 2.03. The summed E-state index contributed by atoms with van der Waals surface area (Å²) in [5.41, 5.74) is 1.63. The van der Waals surface area contributed by atoms with Crippen molar-refractivity contribution >= 4 is 27.9 Å². The number of benzene rings is 1. The number of hydrogen-bond acceptors (Lipinski definition) is 2. The largest absolute Gasteiger partial charge is 0.377 e. The lowest BCUT2D eigenvalue weighted by atomic mass is 10.2. The van der Waals surface area contributed by atoms with E-state index in [0.717, 1.165) is 16.4 Å². The second kappa shape index (κ2) is 3.72. The van der Waals surface area contributed by atoms with Crippen LogP contribution in [0.5, 0.6) is 0 Å². The second-order valence-electron chi connectivity index (χ2n) is 2.68. The van der Waals surface area contributed by atoms with Crippen LogP contribution in [0, 0.1) is 0 Å². The minimum Gasteiger partial charge on any atom is -0.377 e. The highest BCUT2D eigenvalue weighted by molar-refractivity contribution is 9.10. The normalized spacial score (nSPS) is 9.58. The minimum absolute atomic E-state index is 0.697. The molecule has 0 saturated carbocycles. The van der Waals surface area contributed by atoms with Gasteiger partial charge in [-0.2, -0.15) is 0 Å². The third kappa shape index (κ3) is 1.67. The summed E-state index contributed by atoms with van der Waals surface area (Å²) in [5.74, 6) is 0. The highest BCUT2D eigenvalue weighted by atomic mass is 79.9. The lowest BCUT2D eigenvalue weighted by molar-refractivity contribution is 0.112. The Balaban J connectivity index is 3.27. The smallest absolute Gasteiger partial charge is 0.153 e. The van der Waals surface area contributed by atoms with Crippen LogP contribution < -0.4 is 4.90 Å². The van der Waals surface area contributed by atoms with Gasteiger partial charge in [0, 0.05) is 24.3 Å². The molecule has 1 aromatic rings. The van der Waals surface area contributed by atoms with E-state index in [1.54, 1.807) is 0 Å². The molecule has 0 radical (unpaired) electrons. The summed E-state index contributed by atoms with van der Waals surface area (Å²) >= 11 is 3.32. The molecule has 0 spiro atoms. The van der Waals surface area contributed by atoms with E-state index in [2.05, 4.69) is 15.9 Å². The first kappa shape index (κ1) is 9.26. The number of carbonyl (C=O) groups excluding carboxylic acids is 1. The van der Waals surface area contributed by atoms with Gasteiger partial charge in [0.25, 0.3) is 0 Å². The predicted octanol–water partition coefficient (Wildman–Crippen LogP) is 2.33. The molecule has 0 saturated heterocycles. The van der Waals surface area contributed by atoms with Gasteiger partial charge >= 0.3 is 0 Å². The first-order chi connectivity index (χ1) is 5.66. The van der Waals surface area contributed by atoms with E-state index in [0.29, 0.717) is 5.56 Å². The van der Waals surface area contributed by atoms with Crippen molar-refractivity contribution in [2.75, 3.05) is 19.0 Å². The number of rotatable bonds is 2. The van der Waals surface area contributed by atoms with Crippen molar-refractivity contribution in [2.45, 2.75) is 0 Å². The van der Waals surface area contributed by atoms with Crippen LogP contribution in [0.4, 0.5) is 5.69 Å². The molecule has 1 rings (SSSR count). The molecule has 0 bridgehead atoms. The summed E-state index contributed by atoms with van der Waals surface area (Å²) in [4.78, 5) is 12.6. The molecule has 1 aromatic carbocycles. The standard InChI is InChI=1S/C9H10BrNO/c1-11(2)9-5-3-4-8(10)7(9)6-12/h3-6H,1-2H3. The van der Waals surface area contributed by atoms with Gasteiger partial charge < -0.3 is 4.90 Å². The molecule has 0 aliphatic rings. The topological polar surface area (TPSA) is 20.3 Å². The summed E-state index contributed by atoms with van der Waals surface area (Å²) < 4.78 is 0.837. The van der Waals surface area contributed by atoms with Crippen LogP contribution in [0.2, 0.25) is 0 Å². The maximum Gasteiger partial charge on any atom is 0.153 e. The van der Waals surface area contributed by atoms with Crippen LogP contribution in [0.3, 0.4) is 0 Å². The molecule has 0 N–H and O–H groups in total. The Morgan fingerprint density at radius 1 is 1.42 bits per heavy atom. The third-order valence-corrected chi connectivity index (χ3v) is 2.32. The van der Waals surface area contributed by atoms with E-state index in [-0.39, 0.29) is 0 Å². The second-order valence-corrected chi connectivity index (χ2v) is 3.54. The van der Waals surface area contributed by atoms with Gasteiger partial charge in [-0.3, -0.25) is 4.79 Å². The third-order valence-electron chi connectivity index (χ3n) is 1.63. The molecule has 3 heteroatoms. The summed E-state index contributed by atoms with van der Waals surface area (Å²) in [7, 11) is 3.82. The molecule has 0 atom stereocenters. The zero-order valence-electron chi connectivity index (χ0n) is 7.04. The number of carbonyl (C=O) groups is 1. The van der Waals surface area contributed by atoms with Gasteiger partial charge in [-0.15, -0.1) is 0 Å². The van der Waals surface area contributed by atoms with Crippen molar-refractivity contribution in [3.63, 3.8) is 0 Å². The van der Waals surface area contributed by atoms with Crippen molar-refractivity contribution in [3.8, 4) is 0 Å². The molecule has 0 aromatic heterocycles. The number of hydrogen-bond donors (Lipinski definition) is 0. The van der Waals surface area contributed by atoms with Gasteiger partial charge in [0.05, 0.1) is 5.56 Å². The van der Waals surface area contributed by atoms with Crippen LogP contribution in [0.1, 0.15) is 10.4 Å². The highest BCUT2D eigenvalue weighted by Crippen LogP contribution is 2.24. The van der Waals surface area contributed by atoms with Gasteiger partial charge in [-0.1, -0.05) is 6.07 Å². The van der Waals surface area contributed by atoms with Gasteiger partial charge in [0.2, 0.25) is 0 Å². The number of nitrogens with zero attached hydrogens (tertiary/aromatic N) is 1. The molecule has 0 heterocycles. The first-order valence-electron chi connectivity index (χ1n) is 3.58. The fourth-order valence-electron chi connectivity index (χ4n) is 1.03. The Morgan fingerprint density at radius 2 is 2.08 bits per heavy atom. The van der Waals surface area contributed by atoms with Crippen LogP contribution >= 0.6 is 15.9 Å². The van der Waals surface area contributed by atoms with E-state index < -0.39 is 0 Å². The molecule has 0 unspecified atom stereocenters. The summed E-state index contributed by atoms with van der Waals surface area (Å²) in [5, 5.41) is 0. The van der Waals surface area contributed by atoms with Crippen LogP contribution in [-0.4, -0.2) is 20.4 Å². The molecule has 64 valence electrons. The van der Waals surface area contributed by atoms with Gasteiger partial charge in [-0.25, -0.2) is 0 Å². The molecular weight excluding hydrogens is 218 g/mol. The van der Waals surface area contributed by atoms with Crippen molar-refractivity contribution in [1.82, 2.24) is 0 Å². The molecule has 0 fully saturated rings. The fraction of sp³-hybridized carbons (Fsp3) is 0.222. The molecule has 12 heavy (non-hydrogen) atoms. The Hall–Kier alpha value is -0.830. The quantitative estimate of drug-likeness (QED) is 0.724. The SMILES string of the molecule is CN(C)c1cccc(Br)c1C=O. The average molecular weight is 228 g/mol. The highest BCUT2D eigenvalue weighted by Gasteiger charge is 2.05. The van der Waals surface area contributed by atoms with Crippen LogP contribution in [0.25, 0.3) is 0 Å². The molecule has 0 amide bonds. The number of anilines is 1. The molecule has 0 aliphatic carbocycles. The van der Waals surface area contributed by atoms with E-state index >= 15 is 0 Å². The zero-order valence-corrected chi connectivity index (χ0v) is 8.63. The summed E-state index contributed by atoms with van der Waals surface area (Å²) in [6.45, 7) is 0. The van der Waals surface area contributed by atoms with Crippen LogP contribution in [0.15, 0.2) is 22.7 Å². The Labute approximate surface area is 80.3 Å². The van der Waals surface area contributed by atoms with Crippen molar-refractivity contribution < 1.29 is 4.79 Å². The maximum atomic E-state index is 10.7. The number of aldehydes is 1. The zero-order chi connectivity index (χ0) is 9.14. The van der Waals surface area contributed by atoms with Crippen molar-refractivity contribution in [3.05, 3.63) is 28.2 Å². The van der Waals surface area contributed by atoms with Crippen LogP contribution in [-0.2, 0) is 0 Å². The van der Waals surface area contributed by atoms with Crippen molar-refractivity contribution in [1.29, 1.82) is 0 Å². The number of halogens is 1. The first-order valence-corrected chi connectivity index (χ1v) is 4.37. The molecular formula is C9H10BrNO. The van der Waals surface area contributed by atoms with E-state index in [1.807, 2.05) is 37.2 Å². The monoisotopic (exact) mass is 227 g/mol. The Bertz CT molecular complexity index is 297. The Morgan fingerprint density at radius 3 is 2.50 bits per heavy atom. The predicted molar refractivity (Wildman–Crippen MR) is 53.9 cm³/mol. The Kier molecular flexibility index (Phi) is 2.87. The van der Waals surface area contributed by atoms with Gasteiger partial charge in [-0.05, 0) is 28.1 Å². The lowest BCUT2D eigenvalue weighted by Crippen LogP contribution is -2.11. The van der Waals surface area contributed by atoms with E-state index in [1.165, 1.54) is 0 Å². The maximum absolute atomic E-state index is 10.7. The van der Waals surface area contributed by atoms with Crippen molar-refractivity contribution in [2.24, 2.45) is 0 Å². The lowest BCUT2D eigenvalue weighted by Gasteiger charge is -2.15. The van der Waals surface area contributed by atoms with E-state index in [9.17, 15) is 4.79 Å². The van der Waals surface area contributed by atoms with Gasteiger partial charge in [0.15, 0.2) is 6.29 Å². The molecule has 0 aliphatic heterocycles. The fourth-order valence-corrected chi connectivity index (χ4v) is 1.48. The van der Waals surface area contributed by atoms with E-state index in [4.69, 9.17) is 0 Å². The van der Waals surface area contributed by atoms with Gasteiger partial charge in [0.1, 0.15) is 0 Å². The minimum atomic E-state index is 0.697.